The highest BCUT2D eigenvalue weighted by Crippen LogP contribution is 2.32. The minimum absolute atomic E-state index is 0.133. The number of benzene rings is 1. The molecule has 0 spiro atoms. The molecule has 146 valence electrons. The first-order chi connectivity index (χ1) is 13.3. The zero-order valence-corrected chi connectivity index (χ0v) is 15.9. The zero-order valence-electron chi connectivity index (χ0n) is 15.1. The molecule has 1 N–H and O–H groups in total. The van der Waals surface area contributed by atoms with Gasteiger partial charge in [0.1, 0.15) is 6.07 Å². The fourth-order valence-electron chi connectivity index (χ4n) is 2.70. The van der Waals surface area contributed by atoms with Crippen LogP contribution in [-0.2, 0) is 6.18 Å². The number of likely N-dealkylation sites (N-methyl/N-ethyl adjacent to an activating group) is 1. The monoisotopic (exact) mass is 406 g/mol. The highest BCUT2D eigenvalue weighted by Gasteiger charge is 2.30. The largest absolute Gasteiger partial charge is 0.418 e. The fourth-order valence-corrected chi connectivity index (χ4v) is 3.35. The third-order valence-corrected chi connectivity index (χ3v) is 5.02. The van der Waals surface area contributed by atoms with Crippen molar-refractivity contribution in [2.75, 3.05) is 26.0 Å². The molecule has 1 aromatic carbocycles. The Balaban J connectivity index is 1.78. The van der Waals surface area contributed by atoms with E-state index in [1.54, 1.807) is 0 Å². The van der Waals surface area contributed by atoms with E-state index in [1.807, 2.05) is 42.6 Å². The van der Waals surface area contributed by atoms with Crippen molar-refractivity contribution >= 4 is 17.2 Å². The van der Waals surface area contributed by atoms with Crippen LogP contribution in [0.15, 0.2) is 46.2 Å². The molecule has 3 rings (SSSR count). The molecule has 2 heterocycles. The van der Waals surface area contributed by atoms with Crippen LogP contribution in [0.4, 0.5) is 19.1 Å². The number of thiophene rings is 1. The average molecular weight is 406 g/mol. The lowest BCUT2D eigenvalue weighted by Gasteiger charge is -2.25. The van der Waals surface area contributed by atoms with Crippen molar-refractivity contribution in [2.45, 2.75) is 12.2 Å². The van der Waals surface area contributed by atoms with Crippen LogP contribution in [0.5, 0.6) is 0 Å². The van der Waals surface area contributed by atoms with Crippen LogP contribution in [0.3, 0.4) is 0 Å². The normalized spacial score (nSPS) is 12.8. The van der Waals surface area contributed by atoms with Gasteiger partial charge in [0.15, 0.2) is 0 Å². The number of anilines is 1. The van der Waals surface area contributed by atoms with E-state index in [-0.39, 0.29) is 17.6 Å². The quantitative estimate of drug-likeness (QED) is 0.624. The van der Waals surface area contributed by atoms with Crippen molar-refractivity contribution in [2.24, 2.45) is 0 Å². The molecule has 9 heteroatoms. The molecule has 0 radical (unpaired) electrons. The first-order valence-electron chi connectivity index (χ1n) is 8.32. The van der Waals surface area contributed by atoms with Gasteiger partial charge in [-0.3, -0.25) is 0 Å². The van der Waals surface area contributed by atoms with Gasteiger partial charge in [-0.1, -0.05) is 18.2 Å². The summed E-state index contributed by atoms with van der Waals surface area (Å²) in [5.74, 6) is 0.592. The summed E-state index contributed by atoms with van der Waals surface area (Å²) in [4.78, 5) is 6.86. The van der Waals surface area contributed by atoms with Crippen molar-refractivity contribution in [3.8, 4) is 16.8 Å². The van der Waals surface area contributed by atoms with E-state index in [1.165, 1.54) is 23.5 Å². The molecule has 28 heavy (non-hydrogen) atoms. The Morgan fingerprint density at radius 1 is 1.25 bits per heavy atom. The minimum atomic E-state index is -4.37. The van der Waals surface area contributed by atoms with Gasteiger partial charge in [0.25, 0.3) is 0 Å². The Hall–Kier alpha value is -2.83. The Morgan fingerprint density at radius 3 is 2.50 bits per heavy atom. The summed E-state index contributed by atoms with van der Waals surface area (Å²) in [6, 6.07) is 10.5. The molecule has 1 atom stereocenters. The third-order valence-electron chi connectivity index (χ3n) is 4.17. The Kier molecular flexibility index (Phi) is 5.72. The number of hydrogen-bond donors (Lipinski definition) is 1. The first-order valence-corrected chi connectivity index (χ1v) is 9.20. The lowest BCUT2D eigenvalue weighted by Crippen LogP contribution is -2.27. The van der Waals surface area contributed by atoms with Crippen LogP contribution in [0.2, 0.25) is 0 Å². The number of nitrogens with zero attached hydrogens (tertiary/aromatic N) is 3. The Labute approximate surface area is 164 Å². The second kappa shape index (κ2) is 8.04. The third kappa shape index (κ3) is 4.35. The number of hydrogen-bond acceptors (Lipinski definition) is 6. The number of halogens is 3. The predicted molar refractivity (Wildman–Crippen MR) is 101 cm³/mol. The number of nitriles is 1. The van der Waals surface area contributed by atoms with Crippen LogP contribution >= 0.6 is 11.3 Å². The van der Waals surface area contributed by atoms with E-state index in [0.29, 0.717) is 18.0 Å². The highest BCUT2D eigenvalue weighted by molar-refractivity contribution is 7.13. The van der Waals surface area contributed by atoms with Gasteiger partial charge in [-0.05, 0) is 43.2 Å². The maximum absolute atomic E-state index is 12.8. The van der Waals surface area contributed by atoms with Gasteiger partial charge in [-0.2, -0.15) is 23.4 Å². The first kappa shape index (κ1) is 19.9. The molecule has 0 aliphatic carbocycles. The standard InChI is InChI=1S/C19H17F3N4OS/c1-26(2)15(12-5-7-13(8-6-12)19(20,21)22)11-24-17-14(10-23)25-18(27-17)16-4-3-9-28-16/h3-9,15,24H,11H2,1-2H3/t15-/m1/s1. The van der Waals surface area contributed by atoms with Gasteiger partial charge >= 0.3 is 6.18 Å². The fraction of sp³-hybridized carbons (Fsp3) is 0.263. The summed E-state index contributed by atoms with van der Waals surface area (Å²) in [6.07, 6.45) is -4.37. The van der Waals surface area contributed by atoms with E-state index in [4.69, 9.17) is 4.42 Å². The molecule has 0 saturated carbocycles. The van der Waals surface area contributed by atoms with Gasteiger partial charge < -0.3 is 14.6 Å². The number of alkyl halides is 3. The van der Waals surface area contributed by atoms with Crippen LogP contribution in [0.1, 0.15) is 22.9 Å². The molecular weight excluding hydrogens is 389 g/mol. The van der Waals surface area contributed by atoms with E-state index < -0.39 is 11.7 Å². The van der Waals surface area contributed by atoms with Crippen molar-refractivity contribution < 1.29 is 17.6 Å². The van der Waals surface area contributed by atoms with Crippen LogP contribution in [0, 0.1) is 11.3 Å². The highest BCUT2D eigenvalue weighted by atomic mass is 32.1. The maximum atomic E-state index is 12.8. The lowest BCUT2D eigenvalue weighted by atomic mass is 10.0. The predicted octanol–water partition coefficient (Wildman–Crippen LogP) is 5.01. The van der Waals surface area contributed by atoms with Crippen LogP contribution in [-0.4, -0.2) is 30.5 Å². The molecule has 0 fully saturated rings. The Bertz CT molecular complexity index is 957. The van der Waals surface area contributed by atoms with E-state index in [0.717, 1.165) is 17.0 Å². The second-order valence-electron chi connectivity index (χ2n) is 6.27. The number of aromatic nitrogens is 1. The number of rotatable bonds is 6. The molecule has 0 bridgehead atoms. The molecule has 0 saturated heterocycles. The molecule has 5 nitrogen and oxygen atoms in total. The molecule has 3 aromatic rings. The van der Waals surface area contributed by atoms with E-state index in [2.05, 4.69) is 10.3 Å². The van der Waals surface area contributed by atoms with E-state index >= 15 is 0 Å². The molecule has 2 aromatic heterocycles. The van der Waals surface area contributed by atoms with Crippen molar-refractivity contribution in [3.05, 3.63) is 58.6 Å². The second-order valence-corrected chi connectivity index (χ2v) is 7.21. The lowest BCUT2D eigenvalue weighted by molar-refractivity contribution is -0.137. The van der Waals surface area contributed by atoms with Crippen LogP contribution < -0.4 is 5.32 Å². The topological polar surface area (TPSA) is 65.1 Å². The van der Waals surface area contributed by atoms with Crippen LogP contribution in [0.25, 0.3) is 10.8 Å². The molecular formula is C19H17F3N4OS. The summed E-state index contributed by atoms with van der Waals surface area (Å²) >= 11 is 1.44. The average Bonchev–Trinajstić information content (AvgIpc) is 3.30. The van der Waals surface area contributed by atoms with Crippen molar-refractivity contribution in [1.29, 1.82) is 5.26 Å². The summed E-state index contributed by atoms with van der Waals surface area (Å²) in [7, 11) is 3.65. The minimum Gasteiger partial charge on any atom is -0.418 e. The summed E-state index contributed by atoms with van der Waals surface area (Å²) < 4.78 is 44.0. The molecule has 0 unspecified atom stereocenters. The smallest absolute Gasteiger partial charge is 0.416 e. The van der Waals surface area contributed by atoms with Crippen molar-refractivity contribution in [1.82, 2.24) is 9.88 Å². The summed E-state index contributed by atoms with van der Waals surface area (Å²) in [5, 5.41) is 14.2. The maximum Gasteiger partial charge on any atom is 0.416 e. The van der Waals surface area contributed by atoms with Gasteiger partial charge in [-0.15, -0.1) is 11.3 Å². The Morgan fingerprint density at radius 2 is 1.96 bits per heavy atom. The molecule has 0 aliphatic heterocycles. The van der Waals surface area contributed by atoms with E-state index in [9.17, 15) is 18.4 Å². The van der Waals surface area contributed by atoms with Gasteiger partial charge in [0, 0.05) is 6.54 Å². The SMILES string of the molecule is CN(C)[C@H](CNc1oc(-c2cccs2)nc1C#N)c1ccc(C(F)(F)F)cc1. The number of oxazole rings is 1. The van der Waals surface area contributed by atoms with Gasteiger partial charge in [0.05, 0.1) is 16.5 Å². The zero-order chi connectivity index (χ0) is 20.3. The molecule has 0 amide bonds. The van der Waals surface area contributed by atoms with Gasteiger partial charge in [0.2, 0.25) is 17.5 Å². The molecule has 0 aliphatic rings. The summed E-state index contributed by atoms with van der Waals surface area (Å²) in [5.41, 5.74) is 0.152. The van der Waals surface area contributed by atoms with Gasteiger partial charge in [-0.25, -0.2) is 0 Å². The number of nitrogens with one attached hydrogen (secondary N) is 1. The van der Waals surface area contributed by atoms with Crippen molar-refractivity contribution in [3.63, 3.8) is 0 Å². The summed E-state index contributed by atoms with van der Waals surface area (Å²) in [6.45, 7) is 0.326.